The summed E-state index contributed by atoms with van der Waals surface area (Å²) in [5.41, 5.74) is 1.03. The number of hydrogen-bond acceptors (Lipinski definition) is 8. The Kier molecular flexibility index (Phi) is 7.96. The number of carbonyl (C=O) groups excluding carboxylic acids is 3. The number of benzene rings is 2. The lowest BCUT2D eigenvalue weighted by Crippen LogP contribution is -2.45. The van der Waals surface area contributed by atoms with Crippen LogP contribution in [-0.4, -0.2) is 62.1 Å². The zero-order valence-corrected chi connectivity index (χ0v) is 18.7. The summed E-state index contributed by atoms with van der Waals surface area (Å²) in [6.45, 7) is 2.55. The zero-order chi connectivity index (χ0) is 23.8. The lowest BCUT2D eigenvalue weighted by atomic mass is 10.1. The Hall–Kier alpha value is -3.95. The van der Waals surface area contributed by atoms with Crippen molar-refractivity contribution in [2.75, 3.05) is 33.9 Å². The molecule has 2 amide bonds. The van der Waals surface area contributed by atoms with Crippen LogP contribution in [0.4, 0.5) is 9.59 Å². The molecule has 0 N–H and O–H groups in total. The average Bonchev–Trinajstić information content (AvgIpc) is 3.33. The van der Waals surface area contributed by atoms with Crippen molar-refractivity contribution in [3.8, 4) is 17.2 Å². The van der Waals surface area contributed by atoms with Crippen LogP contribution in [0.25, 0.3) is 0 Å². The number of methoxy groups -OCH3 is 2. The second-order valence-electron chi connectivity index (χ2n) is 6.94. The van der Waals surface area contributed by atoms with Crippen LogP contribution in [0.1, 0.15) is 29.3 Å². The Morgan fingerprint density at radius 1 is 0.909 bits per heavy atom. The van der Waals surface area contributed by atoms with Crippen LogP contribution in [0.5, 0.6) is 17.2 Å². The Bertz CT molecular complexity index is 970. The molecule has 1 aliphatic rings. The van der Waals surface area contributed by atoms with Crippen molar-refractivity contribution in [2.24, 2.45) is 0 Å². The third kappa shape index (κ3) is 5.65. The van der Waals surface area contributed by atoms with Gasteiger partial charge >= 0.3 is 12.2 Å². The van der Waals surface area contributed by atoms with Gasteiger partial charge in [-0.2, -0.15) is 0 Å². The minimum Gasteiger partial charge on any atom is -0.493 e. The number of ether oxygens (including phenoxy) is 5. The van der Waals surface area contributed by atoms with Crippen LogP contribution in [0.2, 0.25) is 0 Å². The van der Waals surface area contributed by atoms with Crippen LogP contribution in [0.3, 0.4) is 0 Å². The van der Waals surface area contributed by atoms with E-state index in [4.69, 9.17) is 23.7 Å². The summed E-state index contributed by atoms with van der Waals surface area (Å²) in [7, 11) is 2.73. The summed E-state index contributed by atoms with van der Waals surface area (Å²) in [4.78, 5) is 37.6. The minimum atomic E-state index is -0.931. The van der Waals surface area contributed by atoms with Gasteiger partial charge in [0.2, 0.25) is 5.75 Å². The van der Waals surface area contributed by atoms with Gasteiger partial charge in [0.15, 0.2) is 11.5 Å². The number of nitrogens with zero attached hydrogens (tertiary/aromatic N) is 2. The van der Waals surface area contributed by atoms with E-state index in [1.165, 1.54) is 36.4 Å². The third-order valence-electron chi connectivity index (χ3n) is 4.84. The van der Waals surface area contributed by atoms with E-state index in [1.807, 2.05) is 30.3 Å². The molecule has 0 spiro atoms. The lowest BCUT2D eigenvalue weighted by Gasteiger charge is -2.27. The van der Waals surface area contributed by atoms with E-state index in [9.17, 15) is 14.4 Å². The van der Waals surface area contributed by atoms with Crippen LogP contribution in [0, 0.1) is 0 Å². The van der Waals surface area contributed by atoms with Gasteiger partial charge in [0, 0.05) is 18.7 Å². The smallest absolute Gasteiger partial charge is 0.493 e. The molecule has 2 aromatic carbocycles. The summed E-state index contributed by atoms with van der Waals surface area (Å²) in [5.74, 6) is -0.273. The quantitative estimate of drug-likeness (QED) is 0.458. The fourth-order valence-electron chi connectivity index (χ4n) is 3.29. The van der Waals surface area contributed by atoms with Gasteiger partial charge in [-0.3, -0.25) is 4.79 Å². The first-order valence-corrected chi connectivity index (χ1v) is 10.4. The zero-order valence-electron chi connectivity index (χ0n) is 18.7. The standard InChI is InChI=1S/C23H26N2O8/c1-4-31-23(28)33-20-18(29-2)13-17(14-19(20)30-3)21(26)24-11-8-12-25(24)22(27)32-15-16-9-6-5-7-10-16/h5-7,9-10,13-14H,4,8,11-12,15H2,1-3H3. The van der Waals surface area contributed by atoms with E-state index >= 15 is 0 Å². The van der Waals surface area contributed by atoms with Gasteiger partial charge < -0.3 is 23.7 Å². The molecule has 1 fully saturated rings. The second-order valence-corrected chi connectivity index (χ2v) is 6.94. The molecule has 0 radical (unpaired) electrons. The molecule has 0 unspecified atom stereocenters. The van der Waals surface area contributed by atoms with Gasteiger partial charge in [-0.05, 0) is 31.0 Å². The van der Waals surface area contributed by atoms with Crippen molar-refractivity contribution >= 4 is 18.2 Å². The summed E-state index contributed by atoms with van der Waals surface area (Å²) in [5, 5.41) is 2.58. The van der Waals surface area contributed by atoms with Crippen LogP contribution < -0.4 is 14.2 Å². The second kappa shape index (κ2) is 11.1. The third-order valence-corrected chi connectivity index (χ3v) is 4.84. The van der Waals surface area contributed by atoms with Gasteiger partial charge in [-0.15, -0.1) is 0 Å². The van der Waals surface area contributed by atoms with Crippen molar-refractivity contribution in [1.29, 1.82) is 0 Å². The van der Waals surface area contributed by atoms with Crippen LogP contribution in [-0.2, 0) is 16.1 Å². The molecule has 0 bridgehead atoms. The number of rotatable bonds is 7. The lowest BCUT2D eigenvalue weighted by molar-refractivity contribution is 0.0110. The highest BCUT2D eigenvalue weighted by molar-refractivity contribution is 5.96. The Morgan fingerprint density at radius 2 is 1.55 bits per heavy atom. The first-order chi connectivity index (χ1) is 16.0. The molecule has 33 heavy (non-hydrogen) atoms. The van der Waals surface area contributed by atoms with E-state index in [0.29, 0.717) is 19.5 Å². The molecular formula is C23H26N2O8. The van der Waals surface area contributed by atoms with E-state index in [1.54, 1.807) is 6.92 Å². The normalized spacial score (nSPS) is 12.8. The fraction of sp³-hybridized carbons (Fsp3) is 0.348. The van der Waals surface area contributed by atoms with E-state index in [2.05, 4.69) is 0 Å². The van der Waals surface area contributed by atoms with E-state index in [-0.39, 0.29) is 36.0 Å². The van der Waals surface area contributed by atoms with Crippen molar-refractivity contribution in [2.45, 2.75) is 20.0 Å². The maximum Gasteiger partial charge on any atom is 0.514 e. The van der Waals surface area contributed by atoms with Gasteiger partial charge in [0.25, 0.3) is 5.91 Å². The highest BCUT2D eigenvalue weighted by Gasteiger charge is 2.33. The summed E-state index contributed by atoms with van der Waals surface area (Å²) in [6.07, 6.45) is -0.948. The van der Waals surface area contributed by atoms with Crippen molar-refractivity contribution < 1.29 is 38.1 Å². The topological polar surface area (TPSA) is 104 Å². The molecular weight excluding hydrogens is 432 g/mol. The molecule has 0 aromatic heterocycles. The van der Waals surface area contributed by atoms with Crippen LogP contribution >= 0.6 is 0 Å². The van der Waals surface area contributed by atoms with Gasteiger partial charge in [0.1, 0.15) is 6.61 Å². The maximum atomic E-state index is 13.2. The van der Waals surface area contributed by atoms with Crippen molar-refractivity contribution in [1.82, 2.24) is 10.0 Å². The number of hydrazine groups is 1. The molecule has 10 heteroatoms. The summed E-state index contributed by atoms with van der Waals surface area (Å²) < 4.78 is 25.9. The van der Waals surface area contributed by atoms with Crippen molar-refractivity contribution in [3.63, 3.8) is 0 Å². The summed E-state index contributed by atoms with van der Waals surface area (Å²) in [6, 6.07) is 12.1. The fourth-order valence-corrected chi connectivity index (χ4v) is 3.29. The molecule has 1 heterocycles. The molecule has 1 aliphatic heterocycles. The first kappa shape index (κ1) is 23.7. The maximum absolute atomic E-state index is 13.2. The molecule has 10 nitrogen and oxygen atoms in total. The highest BCUT2D eigenvalue weighted by Crippen LogP contribution is 2.39. The van der Waals surface area contributed by atoms with Gasteiger partial charge in [-0.1, -0.05) is 30.3 Å². The molecule has 0 atom stereocenters. The number of carbonyl (C=O) groups is 3. The molecule has 1 saturated heterocycles. The monoisotopic (exact) mass is 458 g/mol. The molecule has 3 rings (SSSR count). The molecule has 0 aliphatic carbocycles. The summed E-state index contributed by atoms with van der Waals surface area (Å²) >= 11 is 0. The SMILES string of the molecule is CCOC(=O)Oc1c(OC)cc(C(=O)N2CCCN2C(=O)OCc2ccccc2)cc1OC. The Labute approximate surface area is 191 Å². The predicted molar refractivity (Wildman–Crippen MR) is 116 cm³/mol. The van der Waals surface area contributed by atoms with Gasteiger partial charge in [0.05, 0.1) is 20.8 Å². The number of hydrogen-bond donors (Lipinski definition) is 0. The molecule has 176 valence electrons. The van der Waals surface area contributed by atoms with E-state index in [0.717, 1.165) is 5.56 Å². The van der Waals surface area contributed by atoms with Gasteiger partial charge in [-0.25, -0.2) is 19.6 Å². The highest BCUT2D eigenvalue weighted by atomic mass is 16.7. The molecule has 2 aromatic rings. The number of amides is 2. The minimum absolute atomic E-state index is 0.0180. The Morgan fingerprint density at radius 3 is 2.15 bits per heavy atom. The predicted octanol–water partition coefficient (Wildman–Crippen LogP) is 3.64. The Balaban J connectivity index is 1.78. The molecule has 0 saturated carbocycles. The average molecular weight is 458 g/mol. The van der Waals surface area contributed by atoms with Crippen LogP contribution in [0.15, 0.2) is 42.5 Å². The van der Waals surface area contributed by atoms with E-state index < -0.39 is 18.2 Å². The largest absolute Gasteiger partial charge is 0.514 e. The first-order valence-electron chi connectivity index (χ1n) is 10.4. The van der Waals surface area contributed by atoms with Crippen molar-refractivity contribution in [3.05, 3.63) is 53.6 Å².